The molecule has 0 saturated carbocycles. The maximum absolute atomic E-state index is 12.1. The lowest BCUT2D eigenvalue weighted by Crippen LogP contribution is -2.34. The third-order valence-corrected chi connectivity index (χ3v) is 6.66. The van der Waals surface area contributed by atoms with E-state index < -0.39 is 11.0 Å². The van der Waals surface area contributed by atoms with Gasteiger partial charge in [0.15, 0.2) is 6.04 Å². The number of benzene rings is 2. The number of carbonyl (C=O) groups excluding carboxylic acids is 1. The summed E-state index contributed by atoms with van der Waals surface area (Å²) in [5.41, 5.74) is 15.7. The van der Waals surface area contributed by atoms with Gasteiger partial charge in [-0.3, -0.25) is 15.1 Å². The Kier molecular flexibility index (Phi) is 8.39. The molecule has 2 aliphatic rings. The van der Waals surface area contributed by atoms with Crippen LogP contribution in [0.4, 0.5) is 22.7 Å². The second-order valence-electron chi connectivity index (χ2n) is 9.08. The summed E-state index contributed by atoms with van der Waals surface area (Å²) >= 11 is 1.70. The SMILES string of the molecule is CCOC(=O)C1CSC2=C(Nc3ccc(N)cc3)CC(C)(C)CC2=N1.Nc1ccc([N+](=O)[O-])cc1. The largest absolute Gasteiger partial charge is 0.464 e. The maximum atomic E-state index is 12.1. The van der Waals surface area contributed by atoms with E-state index in [0.717, 1.165) is 29.9 Å². The summed E-state index contributed by atoms with van der Waals surface area (Å²) in [7, 11) is 0. The van der Waals surface area contributed by atoms with Crippen molar-refractivity contribution in [1.29, 1.82) is 0 Å². The van der Waals surface area contributed by atoms with Crippen molar-refractivity contribution in [3.63, 3.8) is 0 Å². The summed E-state index contributed by atoms with van der Waals surface area (Å²) in [5, 5.41) is 13.6. The van der Waals surface area contributed by atoms with Crippen LogP contribution >= 0.6 is 11.8 Å². The number of anilines is 3. The number of hydrogen-bond acceptors (Lipinski definition) is 9. The van der Waals surface area contributed by atoms with Crippen molar-refractivity contribution in [3.8, 4) is 0 Å². The van der Waals surface area contributed by atoms with Crippen LogP contribution in [0.5, 0.6) is 0 Å². The molecule has 2 aromatic rings. The number of nitro groups is 1. The summed E-state index contributed by atoms with van der Waals surface area (Å²) < 4.78 is 5.14. The van der Waals surface area contributed by atoms with Gasteiger partial charge < -0.3 is 21.5 Å². The molecule has 0 amide bonds. The summed E-state index contributed by atoms with van der Waals surface area (Å²) in [6.07, 6.45) is 1.82. The molecule has 5 N–H and O–H groups in total. The first-order chi connectivity index (χ1) is 16.6. The number of nitrogens with two attached hydrogens (primary N) is 2. The van der Waals surface area contributed by atoms with Crippen LogP contribution < -0.4 is 16.8 Å². The van der Waals surface area contributed by atoms with Crippen LogP contribution in [-0.2, 0) is 9.53 Å². The molecule has 0 spiro atoms. The molecule has 1 atom stereocenters. The number of esters is 1. The van der Waals surface area contributed by atoms with Crippen molar-refractivity contribution in [3.05, 3.63) is 69.2 Å². The molecule has 9 nitrogen and oxygen atoms in total. The van der Waals surface area contributed by atoms with E-state index in [1.807, 2.05) is 31.2 Å². The number of aliphatic imine (C=N–C) groups is 1. The molecule has 0 radical (unpaired) electrons. The Morgan fingerprint density at radius 2 is 1.74 bits per heavy atom. The first-order valence-electron chi connectivity index (χ1n) is 11.3. The number of allylic oxidation sites excluding steroid dienone is 2. The molecule has 0 saturated heterocycles. The highest BCUT2D eigenvalue weighted by atomic mass is 32.2. The highest BCUT2D eigenvalue weighted by Gasteiger charge is 2.36. The molecule has 0 bridgehead atoms. The Bertz CT molecular complexity index is 1130. The van der Waals surface area contributed by atoms with Gasteiger partial charge in [0.05, 0.1) is 17.2 Å². The Morgan fingerprint density at radius 1 is 1.14 bits per heavy atom. The second-order valence-corrected chi connectivity index (χ2v) is 10.1. The summed E-state index contributed by atoms with van der Waals surface area (Å²) in [4.78, 5) is 27.6. The summed E-state index contributed by atoms with van der Waals surface area (Å²) in [5.74, 6) is 0.406. The molecule has 2 aromatic carbocycles. The lowest BCUT2D eigenvalue weighted by molar-refractivity contribution is -0.384. The maximum Gasteiger partial charge on any atom is 0.331 e. The lowest BCUT2D eigenvalue weighted by atomic mass is 9.78. The fraction of sp³-hybridized carbons (Fsp3) is 0.360. The van der Waals surface area contributed by atoms with Gasteiger partial charge in [-0.25, -0.2) is 4.79 Å². The van der Waals surface area contributed by atoms with E-state index >= 15 is 0 Å². The summed E-state index contributed by atoms with van der Waals surface area (Å²) in [6, 6.07) is 13.1. The van der Waals surface area contributed by atoms with Crippen LogP contribution in [0.3, 0.4) is 0 Å². The number of nitrogens with one attached hydrogen (secondary N) is 1. The van der Waals surface area contributed by atoms with Gasteiger partial charge >= 0.3 is 5.97 Å². The van der Waals surface area contributed by atoms with E-state index in [1.165, 1.54) is 34.9 Å². The smallest absolute Gasteiger partial charge is 0.331 e. The van der Waals surface area contributed by atoms with E-state index in [0.29, 0.717) is 18.0 Å². The van der Waals surface area contributed by atoms with Crippen molar-refractivity contribution < 1.29 is 14.5 Å². The molecule has 1 heterocycles. The summed E-state index contributed by atoms with van der Waals surface area (Å²) in [6.45, 7) is 6.68. The van der Waals surface area contributed by atoms with Crippen molar-refractivity contribution >= 4 is 46.2 Å². The predicted octanol–water partition coefficient (Wildman–Crippen LogP) is 5.01. The Labute approximate surface area is 209 Å². The van der Waals surface area contributed by atoms with Gasteiger partial charge in [0.1, 0.15) is 0 Å². The van der Waals surface area contributed by atoms with Crippen molar-refractivity contribution in [1.82, 2.24) is 0 Å². The van der Waals surface area contributed by atoms with Crippen molar-refractivity contribution in [2.45, 2.75) is 39.7 Å². The molecule has 1 aliphatic heterocycles. The van der Waals surface area contributed by atoms with E-state index in [-0.39, 0.29) is 17.1 Å². The quantitative estimate of drug-likeness (QED) is 0.226. The molecule has 35 heavy (non-hydrogen) atoms. The molecule has 0 aromatic heterocycles. The van der Waals surface area contributed by atoms with Crippen molar-refractivity contribution in [2.24, 2.45) is 10.4 Å². The van der Waals surface area contributed by atoms with Gasteiger partial charge in [-0.1, -0.05) is 13.8 Å². The Hall–Kier alpha value is -3.53. The van der Waals surface area contributed by atoms with Crippen LogP contribution in [0.15, 0.2) is 64.1 Å². The highest BCUT2D eigenvalue weighted by molar-refractivity contribution is 8.04. The normalized spacial score (nSPS) is 18.4. The average Bonchev–Trinajstić information content (AvgIpc) is 2.80. The predicted molar refractivity (Wildman–Crippen MR) is 142 cm³/mol. The number of carbonyl (C=O) groups is 1. The van der Waals surface area contributed by atoms with E-state index in [9.17, 15) is 14.9 Å². The van der Waals surface area contributed by atoms with E-state index in [1.54, 1.807) is 11.8 Å². The fourth-order valence-electron chi connectivity index (χ4n) is 3.79. The molecular weight excluding hydrogens is 466 g/mol. The monoisotopic (exact) mass is 497 g/mol. The van der Waals surface area contributed by atoms with Gasteiger partial charge in [-0.05, 0) is 61.6 Å². The number of nitro benzene ring substituents is 1. The molecule has 0 fully saturated rings. The molecule has 10 heteroatoms. The van der Waals surface area contributed by atoms with E-state index in [2.05, 4.69) is 19.2 Å². The fourth-order valence-corrected chi connectivity index (χ4v) is 4.91. The minimum Gasteiger partial charge on any atom is -0.464 e. The number of hydrogen-bond donors (Lipinski definition) is 3. The molecule has 186 valence electrons. The zero-order valence-electron chi connectivity index (χ0n) is 20.1. The molecule has 1 aliphatic carbocycles. The van der Waals surface area contributed by atoms with Crippen LogP contribution in [0, 0.1) is 15.5 Å². The number of non-ortho nitro benzene ring substituents is 1. The number of rotatable bonds is 5. The standard InChI is InChI=1S/C19H25N3O2S.C6H6N2O2/c1-4-24-18(23)16-11-25-17-14(9-19(2,3)10-15(17)22-16)21-13-7-5-12(20)6-8-13;7-5-1-3-6(4-2-5)8(9)10/h5-8,16,21H,4,9-11,20H2,1-3H3;1-4H,7H2. The number of thioether (sulfide) groups is 1. The average molecular weight is 498 g/mol. The number of ether oxygens (including phenoxy) is 1. The highest BCUT2D eigenvalue weighted by Crippen LogP contribution is 2.43. The van der Waals surface area contributed by atoms with Gasteiger partial charge in [-0.15, -0.1) is 11.8 Å². The van der Waals surface area contributed by atoms with Gasteiger partial charge in [0.2, 0.25) is 0 Å². The van der Waals surface area contributed by atoms with Crippen LogP contribution in [0.1, 0.15) is 33.6 Å². The Balaban J connectivity index is 0.000000287. The number of nitrogen functional groups attached to an aromatic ring is 2. The minimum absolute atomic E-state index is 0.0641. The third kappa shape index (κ3) is 7.22. The number of nitrogens with zero attached hydrogens (tertiary/aromatic N) is 2. The van der Waals surface area contributed by atoms with Gasteiger partial charge in [0.25, 0.3) is 5.69 Å². The Morgan fingerprint density at radius 3 is 2.31 bits per heavy atom. The topological polar surface area (TPSA) is 146 Å². The lowest BCUT2D eigenvalue weighted by Gasteiger charge is -2.36. The number of fused-ring (bicyclic) bond motifs is 1. The second kappa shape index (κ2) is 11.3. The van der Waals surface area contributed by atoms with Crippen LogP contribution in [0.2, 0.25) is 0 Å². The van der Waals surface area contributed by atoms with Gasteiger partial charge in [0, 0.05) is 45.5 Å². The first kappa shape index (κ1) is 26.1. The van der Waals surface area contributed by atoms with Gasteiger partial charge in [-0.2, -0.15) is 0 Å². The first-order valence-corrected chi connectivity index (χ1v) is 12.3. The molecule has 4 rings (SSSR count). The van der Waals surface area contributed by atoms with E-state index in [4.69, 9.17) is 21.2 Å². The third-order valence-electron chi connectivity index (χ3n) is 5.40. The zero-order chi connectivity index (χ0) is 25.6. The van der Waals surface area contributed by atoms with Crippen LogP contribution in [-0.4, -0.2) is 35.0 Å². The molecular formula is C25H31N5O4S. The van der Waals surface area contributed by atoms with Crippen LogP contribution in [0.25, 0.3) is 0 Å². The zero-order valence-corrected chi connectivity index (χ0v) is 20.9. The molecule has 1 unspecified atom stereocenters. The van der Waals surface area contributed by atoms with Crippen molar-refractivity contribution in [2.75, 3.05) is 29.1 Å². The minimum atomic E-state index is -0.459.